The van der Waals surface area contributed by atoms with Gasteiger partial charge in [0.25, 0.3) is 5.91 Å². The first-order valence-corrected chi connectivity index (χ1v) is 9.16. The Morgan fingerprint density at radius 2 is 1.92 bits per heavy atom. The molecule has 0 saturated heterocycles. The maximum atomic E-state index is 13.0. The lowest BCUT2D eigenvalue weighted by molar-refractivity contribution is -0.192. The van der Waals surface area contributed by atoms with Gasteiger partial charge in [0.15, 0.2) is 5.78 Å². The summed E-state index contributed by atoms with van der Waals surface area (Å²) in [6.45, 7) is 3.60. The second-order valence-electron chi connectivity index (χ2n) is 6.80. The molecule has 0 aliphatic carbocycles. The van der Waals surface area contributed by atoms with Gasteiger partial charge in [0.1, 0.15) is 5.54 Å². The summed E-state index contributed by atoms with van der Waals surface area (Å²) in [6, 6.07) is 14.3. The number of hydrogen-bond donors (Lipinski definition) is 1. The van der Waals surface area contributed by atoms with Gasteiger partial charge in [0.2, 0.25) is 0 Å². The van der Waals surface area contributed by atoms with E-state index >= 15 is 0 Å². The minimum atomic E-state index is -0.858. The van der Waals surface area contributed by atoms with Gasteiger partial charge in [-0.05, 0) is 32.0 Å². The zero-order valence-corrected chi connectivity index (χ0v) is 16.5. The summed E-state index contributed by atoms with van der Waals surface area (Å²) >= 11 is 3.48. The number of benzene rings is 2. The van der Waals surface area contributed by atoms with E-state index < -0.39 is 11.6 Å². The molecule has 1 atom stereocenters. The van der Waals surface area contributed by atoms with E-state index in [4.69, 9.17) is 4.84 Å². The summed E-state index contributed by atoms with van der Waals surface area (Å²) < 4.78 is 0.874. The molecule has 2 aromatic rings. The van der Waals surface area contributed by atoms with Gasteiger partial charge in [-0.3, -0.25) is 14.4 Å². The Balaban J connectivity index is 2.06. The molecule has 0 aromatic heterocycles. The number of Topliss-reactive ketones (excluding diaryl/α,β-unsaturated/α-hetero) is 1. The Hall–Kier alpha value is -2.18. The zero-order valence-electron chi connectivity index (χ0n) is 15.0. The van der Waals surface area contributed by atoms with Crippen molar-refractivity contribution in [3.05, 3.63) is 64.1 Å². The summed E-state index contributed by atoms with van der Waals surface area (Å²) in [5.41, 5.74) is 1.41. The van der Waals surface area contributed by atoms with Crippen LogP contribution in [0.5, 0.6) is 0 Å². The molecule has 136 valence electrons. The normalized spacial score (nSPS) is 18.7. The van der Waals surface area contributed by atoms with Gasteiger partial charge in [-0.1, -0.05) is 46.3 Å². The number of nitrogens with one attached hydrogen (secondary N) is 1. The van der Waals surface area contributed by atoms with Crippen molar-refractivity contribution in [2.24, 2.45) is 0 Å². The number of anilines is 1. The Morgan fingerprint density at radius 3 is 2.58 bits per heavy atom. The number of hydroxylamine groups is 2. The van der Waals surface area contributed by atoms with E-state index in [0.29, 0.717) is 5.56 Å². The molecule has 1 N–H and O–H groups in total. The van der Waals surface area contributed by atoms with Crippen LogP contribution in [0, 0.1) is 0 Å². The first-order chi connectivity index (χ1) is 12.3. The standard InChI is InChI=1S/C20H21BrN2O3/c1-20(2)19(25)23(26-3)17(12-18(24)13-7-5-4-6-8-13)15-11-14(21)9-10-16(15)22-20/h4-11,17,22H,12H2,1-3H3/t17-/m1/s1. The van der Waals surface area contributed by atoms with Crippen LogP contribution in [0.25, 0.3) is 0 Å². The number of rotatable bonds is 4. The fraction of sp³-hybridized carbons (Fsp3) is 0.300. The smallest absolute Gasteiger partial charge is 0.271 e. The summed E-state index contributed by atoms with van der Waals surface area (Å²) in [5, 5.41) is 4.59. The Labute approximate surface area is 161 Å². The number of carbonyl (C=O) groups is 2. The van der Waals surface area contributed by atoms with Crippen LogP contribution in [0.15, 0.2) is 53.0 Å². The van der Waals surface area contributed by atoms with Crippen LogP contribution in [0.4, 0.5) is 5.69 Å². The highest BCUT2D eigenvalue weighted by Gasteiger charge is 2.42. The number of carbonyl (C=O) groups excluding carboxylic acids is 2. The predicted molar refractivity (Wildman–Crippen MR) is 104 cm³/mol. The molecule has 1 aliphatic rings. The van der Waals surface area contributed by atoms with Crippen LogP contribution in [0.1, 0.15) is 42.2 Å². The van der Waals surface area contributed by atoms with Crippen molar-refractivity contribution >= 4 is 33.3 Å². The molecule has 0 radical (unpaired) electrons. The number of amides is 1. The molecule has 0 saturated carbocycles. The lowest BCUT2D eigenvalue weighted by Gasteiger charge is -2.31. The van der Waals surface area contributed by atoms with Gasteiger partial charge in [-0.2, -0.15) is 0 Å². The maximum Gasteiger partial charge on any atom is 0.271 e. The van der Waals surface area contributed by atoms with E-state index in [9.17, 15) is 9.59 Å². The zero-order chi connectivity index (χ0) is 18.9. The molecular formula is C20H21BrN2O3. The minimum Gasteiger partial charge on any atom is -0.371 e. The van der Waals surface area contributed by atoms with Crippen LogP contribution in [-0.4, -0.2) is 29.4 Å². The highest BCUT2D eigenvalue weighted by atomic mass is 79.9. The van der Waals surface area contributed by atoms with Crippen LogP contribution < -0.4 is 5.32 Å². The Bertz CT molecular complexity index is 836. The molecule has 0 bridgehead atoms. The molecule has 2 aromatic carbocycles. The van der Waals surface area contributed by atoms with Gasteiger partial charge < -0.3 is 5.32 Å². The first kappa shape index (κ1) is 18.6. The van der Waals surface area contributed by atoms with Crippen molar-refractivity contribution < 1.29 is 14.4 Å². The van der Waals surface area contributed by atoms with Crippen molar-refractivity contribution in [3.63, 3.8) is 0 Å². The molecule has 0 fully saturated rings. The Kier molecular flexibility index (Phi) is 5.16. The summed E-state index contributed by atoms with van der Waals surface area (Å²) in [5.74, 6) is -0.269. The van der Waals surface area contributed by atoms with Crippen molar-refractivity contribution in [2.75, 3.05) is 12.4 Å². The third-order valence-corrected chi connectivity index (χ3v) is 5.00. The second-order valence-corrected chi connectivity index (χ2v) is 7.72. The second kappa shape index (κ2) is 7.21. The number of hydrogen-bond acceptors (Lipinski definition) is 4. The molecule has 5 nitrogen and oxygen atoms in total. The molecule has 3 rings (SSSR count). The third-order valence-electron chi connectivity index (χ3n) is 4.51. The minimum absolute atomic E-state index is 0.0453. The average molecular weight is 417 g/mol. The van der Waals surface area contributed by atoms with E-state index in [2.05, 4.69) is 21.2 Å². The third kappa shape index (κ3) is 3.52. The van der Waals surface area contributed by atoms with E-state index in [0.717, 1.165) is 15.7 Å². The van der Waals surface area contributed by atoms with Crippen molar-refractivity contribution in [1.82, 2.24) is 5.06 Å². The van der Waals surface area contributed by atoms with Crippen LogP contribution in [0.2, 0.25) is 0 Å². The van der Waals surface area contributed by atoms with E-state index in [1.165, 1.54) is 12.2 Å². The average Bonchev–Trinajstić information content (AvgIpc) is 2.70. The van der Waals surface area contributed by atoms with E-state index in [1.807, 2.05) is 36.4 Å². The van der Waals surface area contributed by atoms with Gasteiger partial charge in [-0.15, -0.1) is 0 Å². The van der Waals surface area contributed by atoms with Gasteiger partial charge in [-0.25, -0.2) is 5.06 Å². The summed E-state index contributed by atoms with van der Waals surface area (Å²) in [6.07, 6.45) is 0.130. The first-order valence-electron chi connectivity index (χ1n) is 8.37. The van der Waals surface area contributed by atoms with Crippen LogP contribution in [-0.2, 0) is 9.63 Å². The summed E-state index contributed by atoms with van der Waals surface area (Å²) in [7, 11) is 1.46. The molecule has 1 aliphatic heterocycles. The van der Waals surface area contributed by atoms with Crippen molar-refractivity contribution in [1.29, 1.82) is 0 Å². The number of fused-ring (bicyclic) bond motifs is 1. The van der Waals surface area contributed by atoms with Gasteiger partial charge in [0.05, 0.1) is 13.2 Å². The largest absolute Gasteiger partial charge is 0.371 e. The lowest BCUT2D eigenvalue weighted by atomic mass is 9.96. The quantitative estimate of drug-likeness (QED) is 0.752. The highest BCUT2D eigenvalue weighted by molar-refractivity contribution is 9.10. The number of halogens is 1. The topological polar surface area (TPSA) is 58.6 Å². The molecular weight excluding hydrogens is 396 g/mol. The van der Waals surface area contributed by atoms with Crippen molar-refractivity contribution in [2.45, 2.75) is 31.8 Å². The fourth-order valence-electron chi connectivity index (χ4n) is 3.18. The molecule has 6 heteroatoms. The summed E-state index contributed by atoms with van der Waals surface area (Å²) in [4.78, 5) is 31.3. The molecule has 0 spiro atoms. The fourth-order valence-corrected chi connectivity index (χ4v) is 3.56. The SMILES string of the molecule is CON1C(=O)C(C)(C)Nc2ccc(Br)cc2[C@H]1CC(=O)c1ccccc1. The predicted octanol–water partition coefficient (Wildman–Crippen LogP) is 4.36. The monoisotopic (exact) mass is 416 g/mol. The molecule has 1 heterocycles. The maximum absolute atomic E-state index is 13.0. The van der Waals surface area contributed by atoms with E-state index in [1.54, 1.807) is 26.0 Å². The van der Waals surface area contributed by atoms with Crippen LogP contribution >= 0.6 is 15.9 Å². The lowest BCUT2D eigenvalue weighted by Crippen LogP contribution is -2.48. The van der Waals surface area contributed by atoms with Gasteiger partial charge in [0, 0.05) is 27.7 Å². The number of nitrogens with zero attached hydrogens (tertiary/aromatic N) is 1. The molecule has 26 heavy (non-hydrogen) atoms. The molecule has 1 amide bonds. The highest BCUT2D eigenvalue weighted by Crippen LogP contribution is 2.39. The van der Waals surface area contributed by atoms with Gasteiger partial charge >= 0.3 is 0 Å². The number of ketones is 1. The van der Waals surface area contributed by atoms with Crippen molar-refractivity contribution in [3.8, 4) is 0 Å². The molecule has 0 unspecified atom stereocenters. The Morgan fingerprint density at radius 1 is 1.23 bits per heavy atom. The van der Waals surface area contributed by atoms with Crippen LogP contribution in [0.3, 0.4) is 0 Å². The van der Waals surface area contributed by atoms with E-state index in [-0.39, 0.29) is 18.1 Å².